The molecule has 7 nitrogen and oxygen atoms in total. The van der Waals surface area contributed by atoms with Crippen molar-refractivity contribution >= 4 is 41.2 Å². The van der Waals surface area contributed by atoms with E-state index in [-0.39, 0.29) is 29.6 Å². The van der Waals surface area contributed by atoms with Crippen LogP contribution in [0, 0.1) is 0 Å². The average Bonchev–Trinajstić information content (AvgIpc) is 2.57. The molecule has 1 heterocycles. The summed E-state index contributed by atoms with van der Waals surface area (Å²) in [6, 6.07) is 9.36. The number of hydrogen-bond donors (Lipinski definition) is 1. The molecule has 1 fully saturated rings. The number of rotatable bonds is 5. The fourth-order valence-corrected chi connectivity index (χ4v) is 2.85. The number of carbonyl (C=O) groups excluding carboxylic acids is 3. The molecular formula is C18H26BBrNNaO6. The fourth-order valence-electron chi connectivity index (χ4n) is 2.59. The van der Waals surface area contributed by atoms with E-state index in [1.807, 2.05) is 0 Å². The largest absolute Gasteiger partial charge is 1.00 e. The summed E-state index contributed by atoms with van der Waals surface area (Å²) in [5.41, 5.74) is 1.44. The van der Waals surface area contributed by atoms with Gasteiger partial charge >= 0.3 is 36.9 Å². The van der Waals surface area contributed by atoms with Crippen LogP contribution in [-0.4, -0.2) is 37.8 Å². The average molecular weight is 466 g/mol. The van der Waals surface area contributed by atoms with Gasteiger partial charge in [-0.3, -0.25) is 14.4 Å². The van der Waals surface area contributed by atoms with Gasteiger partial charge in [-0.2, -0.15) is 0 Å². The Balaban J connectivity index is 0.000000505. The standard InChI is InChI=1S/C12H16BrN.C6H10BO6.Na/c13-11-6-4-10(5-7-11)9-12-3-1-2-8-14-12;1-4(8)11-7(12-5(2)9)13-6(3)10;/h4-7,12,14H,1-3,8-9H2;7H,1-3H3;/q;-1;+1. The maximum atomic E-state index is 10.4. The normalized spacial score (nSPS) is 15.4. The molecule has 0 spiro atoms. The Bertz CT molecular complexity index is 587. The molecule has 1 saturated heterocycles. The first-order valence-electron chi connectivity index (χ1n) is 8.91. The van der Waals surface area contributed by atoms with Gasteiger partial charge in [0.25, 0.3) is 17.9 Å². The molecule has 0 aromatic heterocycles. The molecule has 1 N–H and O–H groups in total. The molecular weight excluding hydrogens is 440 g/mol. The van der Waals surface area contributed by atoms with E-state index in [2.05, 4.69) is 59.5 Å². The van der Waals surface area contributed by atoms with Crippen LogP contribution in [0.5, 0.6) is 0 Å². The molecule has 150 valence electrons. The second-order valence-corrected chi connectivity index (χ2v) is 7.15. The molecule has 0 amide bonds. The molecule has 1 aromatic carbocycles. The Hall–Kier alpha value is -0.865. The predicted molar refractivity (Wildman–Crippen MR) is 106 cm³/mol. The van der Waals surface area contributed by atoms with Crippen molar-refractivity contribution < 1.29 is 57.9 Å². The summed E-state index contributed by atoms with van der Waals surface area (Å²) in [6.07, 6.45) is 5.23. The number of halogens is 1. The zero-order valence-electron chi connectivity index (χ0n) is 17.0. The summed E-state index contributed by atoms with van der Waals surface area (Å²) >= 11 is 3.46. The summed E-state index contributed by atoms with van der Waals surface area (Å²) in [4.78, 5) is 31.3. The van der Waals surface area contributed by atoms with Crippen LogP contribution in [0.2, 0.25) is 0 Å². The third-order valence-corrected chi connectivity index (χ3v) is 4.30. The first-order valence-corrected chi connectivity index (χ1v) is 9.71. The van der Waals surface area contributed by atoms with Crippen molar-refractivity contribution in [2.45, 2.75) is 52.5 Å². The second kappa shape index (κ2) is 15.0. The van der Waals surface area contributed by atoms with E-state index in [0.717, 1.165) is 25.2 Å². The van der Waals surface area contributed by atoms with E-state index in [4.69, 9.17) is 0 Å². The molecule has 0 radical (unpaired) electrons. The number of nitrogens with one attached hydrogen (secondary N) is 1. The Morgan fingerprint density at radius 1 is 1.00 bits per heavy atom. The molecule has 28 heavy (non-hydrogen) atoms. The van der Waals surface area contributed by atoms with E-state index >= 15 is 0 Å². The van der Waals surface area contributed by atoms with Gasteiger partial charge in [-0.15, -0.1) is 0 Å². The minimum atomic E-state index is -2.41. The molecule has 0 saturated carbocycles. The van der Waals surface area contributed by atoms with Crippen molar-refractivity contribution in [1.29, 1.82) is 0 Å². The summed E-state index contributed by atoms with van der Waals surface area (Å²) in [5, 5.41) is 3.57. The Morgan fingerprint density at radius 3 is 1.89 bits per heavy atom. The van der Waals surface area contributed by atoms with Gasteiger partial charge in [0.2, 0.25) is 0 Å². The number of carbonyl (C=O) groups is 3. The van der Waals surface area contributed by atoms with Gasteiger partial charge in [0.05, 0.1) is 0 Å². The van der Waals surface area contributed by atoms with Crippen molar-refractivity contribution in [3.05, 3.63) is 34.3 Å². The van der Waals surface area contributed by atoms with Crippen LogP contribution in [0.1, 0.15) is 45.6 Å². The number of hydrogen-bond acceptors (Lipinski definition) is 7. The third kappa shape index (κ3) is 13.3. The molecule has 2 rings (SSSR count). The van der Waals surface area contributed by atoms with Crippen LogP contribution in [0.15, 0.2) is 28.7 Å². The quantitative estimate of drug-likeness (QED) is 0.588. The Kier molecular flexibility index (Phi) is 14.6. The van der Waals surface area contributed by atoms with E-state index in [1.54, 1.807) is 0 Å². The van der Waals surface area contributed by atoms with Crippen molar-refractivity contribution in [3.63, 3.8) is 0 Å². The zero-order valence-corrected chi connectivity index (χ0v) is 20.5. The smallest absolute Gasteiger partial charge is 0.625 e. The molecule has 1 aromatic rings. The van der Waals surface area contributed by atoms with E-state index in [9.17, 15) is 14.4 Å². The van der Waals surface area contributed by atoms with Gasteiger partial charge in [-0.05, 0) is 43.5 Å². The van der Waals surface area contributed by atoms with Crippen molar-refractivity contribution in [2.24, 2.45) is 0 Å². The first-order chi connectivity index (χ1) is 12.8. The van der Waals surface area contributed by atoms with Gasteiger partial charge in [0, 0.05) is 31.3 Å². The van der Waals surface area contributed by atoms with Crippen LogP contribution >= 0.6 is 15.9 Å². The molecule has 1 unspecified atom stereocenters. The van der Waals surface area contributed by atoms with Gasteiger partial charge in [0.15, 0.2) is 0 Å². The van der Waals surface area contributed by atoms with E-state index < -0.39 is 25.2 Å². The zero-order chi connectivity index (χ0) is 20.2. The monoisotopic (exact) mass is 465 g/mol. The van der Waals surface area contributed by atoms with Crippen molar-refractivity contribution in [1.82, 2.24) is 5.32 Å². The molecule has 1 atom stereocenters. The summed E-state index contributed by atoms with van der Waals surface area (Å²) in [7, 11) is -2.41. The summed E-state index contributed by atoms with van der Waals surface area (Å²) < 4.78 is 14.5. The predicted octanol–water partition coefficient (Wildman–Crippen LogP) is -0.469. The van der Waals surface area contributed by atoms with Crippen LogP contribution < -0.4 is 34.9 Å². The van der Waals surface area contributed by atoms with Gasteiger partial charge in [0.1, 0.15) is 0 Å². The summed E-state index contributed by atoms with van der Waals surface area (Å²) in [5.74, 6) is -2.03. The van der Waals surface area contributed by atoms with E-state index in [1.165, 1.54) is 37.8 Å². The van der Waals surface area contributed by atoms with Crippen LogP contribution in [-0.2, 0) is 34.8 Å². The first kappa shape index (κ1) is 27.1. The second-order valence-electron chi connectivity index (χ2n) is 6.24. The van der Waals surface area contributed by atoms with Crippen LogP contribution in [0.25, 0.3) is 0 Å². The van der Waals surface area contributed by atoms with Gasteiger partial charge in [-0.25, -0.2) is 0 Å². The topological polar surface area (TPSA) is 90.9 Å². The molecule has 0 bridgehead atoms. The number of piperidine rings is 1. The minimum Gasteiger partial charge on any atom is -0.625 e. The Labute approximate surface area is 196 Å². The van der Waals surface area contributed by atoms with Gasteiger partial charge < -0.3 is 19.3 Å². The Morgan fingerprint density at radius 2 is 1.50 bits per heavy atom. The SMILES string of the molecule is Brc1ccc(CC2CCCCN2)cc1.CC(=O)O[BH-](OC(C)=O)OC(C)=O.[Na+]. The van der Waals surface area contributed by atoms with Crippen molar-refractivity contribution in [2.75, 3.05) is 6.54 Å². The minimum absolute atomic E-state index is 0. The van der Waals surface area contributed by atoms with Crippen LogP contribution in [0.3, 0.4) is 0 Å². The summed E-state index contributed by atoms with van der Waals surface area (Å²) in [6.45, 7) is 4.55. The van der Waals surface area contributed by atoms with Crippen molar-refractivity contribution in [3.8, 4) is 0 Å². The molecule has 0 aliphatic carbocycles. The number of benzene rings is 1. The van der Waals surface area contributed by atoms with Crippen LogP contribution in [0.4, 0.5) is 0 Å². The fraction of sp³-hybridized carbons (Fsp3) is 0.500. The third-order valence-electron chi connectivity index (χ3n) is 3.77. The van der Waals surface area contributed by atoms with Gasteiger partial charge in [-0.1, -0.05) is 34.5 Å². The maximum Gasteiger partial charge on any atom is 1.00 e. The molecule has 10 heteroatoms. The molecule has 1 aliphatic heterocycles. The maximum absolute atomic E-state index is 10.4. The van der Waals surface area contributed by atoms with E-state index in [0.29, 0.717) is 6.04 Å². The molecule has 1 aliphatic rings.